The van der Waals surface area contributed by atoms with Crippen molar-refractivity contribution in [1.29, 1.82) is 0 Å². The van der Waals surface area contributed by atoms with Crippen molar-refractivity contribution in [2.75, 3.05) is 0 Å². The third kappa shape index (κ3) is 3.50. The van der Waals surface area contributed by atoms with E-state index in [1.165, 1.54) is 23.9 Å². The lowest BCUT2D eigenvalue weighted by Crippen LogP contribution is -2.15. The van der Waals surface area contributed by atoms with Gasteiger partial charge in [0.1, 0.15) is 0 Å². The van der Waals surface area contributed by atoms with E-state index in [9.17, 15) is 9.90 Å². The van der Waals surface area contributed by atoms with Gasteiger partial charge in [-0.15, -0.1) is 11.8 Å². The molecule has 0 fully saturated rings. The molecule has 0 spiro atoms. The summed E-state index contributed by atoms with van der Waals surface area (Å²) in [5.74, 6) is -0.961. The van der Waals surface area contributed by atoms with Crippen molar-refractivity contribution in [3.63, 3.8) is 0 Å². The molecule has 1 rings (SSSR count). The summed E-state index contributed by atoms with van der Waals surface area (Å²) in [6.45, 7) is 5.33. The van der Waals surface area contributed by atoms with Crippen molar-refractivity contribution in [1.82, 2.24) is 4.98 Å². The van der Waals surface area contributed by atoms with Crippen LogP contribution in [-0.4, -0.2) is 32.5 Å². The number of carbonyl (C=O) groups is 1. The molecule has 16 heavy (non-hydrogen) atoms. The molecule has 2 unspecified atom stereocenters. The lowest BCUT2D eigenvalue weighted by atomic mass is 10.2. The average molecular weight is 241 g/mol. The van der Waals surface area contributed by atoms with Crippen molar-refractivity contribution in [3.05, 3.63) is 23.4 Å². The van der Waals surface area contributed by atoms with Gasteiger partial charge in [-0.25, -0.2) is 9.78 Å². The zero-order valence-electron chi connectivity index (χ0n) is 9.47. The minimum Gasteiger partial charge on any atom is -0.478 e. The van der Waals surface area contributed by atoms with Crippen LogP contribution in [0.1, 0.15) is 29.9 Å². The summed E-state index contributed by atoms with van der Waals surface area (Å²) in [7, 11) is 0. The molecule has 2 N–H and O–H groups in total. The van der Waals surface area contributed by atoms with Crippen molar-refractivity contribution in [2.24, 2.45) is 0 Å². The molecule has 0 amide bonds. The first-order valence-corrected chi connectivity index (χ1v) is 5.85. The summed E-state index contributed by atoms with van der Waals surface area (Å²) >= 11 is 1.37. The Bertz CT molecular complexity index is 393. The molecule has 1 aromatic heterocycles. The second-order valence-electron chi connectivity index (χ2n) is 3.70. The maximum atomic E-state index is 10.8. The van der Waals surface area contributed by atoms with Gasteiger partial charge in [0.2, 0.25) is 0 Å². The summed E-state index contributed by atoms with van der Waals surface area (Å²) in [5, 5.41) is 18.9. The number of aryl methyl sites for hydroxylation is 1. The maximum Gasteiger partial charge on any atom is 0.335 e. The minimum atomic E-state index is -0.961. The summed E-state index contributed by atoms with van der Waals surface area (Å²) in [6, 6.07) is 3.05. The lowest BCUT2D eigenvalue weighted by Gasteiger charge is -2.13. The van der Waals surface area contributed by atoms with E-state index in [1.807, 2.05) is 6.92 Å². The van der Waals surface area contributed by atoms with Crippen molar-refractivity contribution in [3.8, 4) is 0 Å². The van der Waals surface area contributed by atoms with Gasteiger partial charge in [0.15, 0.2) is 0 Å². The van der Waals surface area contributed by atoms with E-state index in [2.05, 4.69) is 4.98 Å². The first-order chi connectivity index (χ1) is 7.40. The Kier molecular flexibility index (Phi) is 4.32. The molecule has 0 aromatic carbocycles. The molecule has 1 heterocycles. The number of hydrogen-bond donors (Lipinski definition) is 2. The number of carboxylic acid groups (broad SMARTS) is 1. The number of rotatable bonds is 4. The smallest absolute Gasteiger partial charge is 0.335 e. The Balaban J connectivity index is 2.92. The fourth-order valence-corrected chi connectivity index (χ4v) is 2.08. The fourth-order valence-electron chi connectivity index (χ4n) is 1.11. The van der Waals surface area contributed by atoms with Crippen LogP contribution < -0.4 is 0 Å². The van der Waals surface area contributed by atoms with E-state index >= 15 is 0 Å². The number of hydrogen-bond acceptors (Lipinski definition) is 4. The van der Waals surface area contributed by atoms with Crippen molar-refractivity contribution in [2.45, 2.75) is 37.2 Å². The molecule has 2 atom stereocenters. The van der Waals surface area contributed by atoms with Crippen molar-refractivity contribution >= 4 is 17.7 Å². The normalized spacial score (nSPS) is 14.5. The van der Waals surface area contributed by atoms with Gasteiger partial charge in [0.25, 0.3) is 0 Å². The van der Waals surface area contributed by atoms with E-state index in [0.29, 0.717) is 10.7 Å². The van der Waals surface area contributed by atoms with Crippen LogP contribution in [0.5, 0.6) is 0 Å². The first-order valence-electron chi connectivity index (χ1n) is 4.97. The number of pyridine rings is 1. The highest BCUT2D eigenvalue weighted by Crippen LogP contribution is 2.24. The molecular weight excluding hydrogens is 226 g/mol. The quantitative estimate of drug-likeness (QED) is 0.788. The zero-order valence-corrected chi connectivity index (χ0v) is 10.3. The number of thioether (sulfide) groups is 1. The van der Waals surface area contributed by atoms with Crippen LogP contribution in [0.2, 0.25) is 0 Å². The Morgan fingerprint density at radius 1 is 1.44 bits per heavy atom. The van der Waals surface area contributed by atoms with E-state index in [1.54, 1.807) is 13.8 Å². The highest BCUT2D eigenvalue weighted by atomic mass is 32.2. The first kappa shape index (κ1) is 13.0. The van der Waals surface area contributed by atoms with E-state index < -0.39 is 12.1 Å². The standard InChI is InChI=1S/C11H15NO3S/c1-6-4-9(11(14)15)5-10(12-6)16-8(3)7(2)13/h4-5,7-8,13H,1-3H3,(H,14,15). The Morgan fingerprint density at radius 3 is 2.56 bits per heavy atom. The summed E-state index contributed by atoms with van der Waals surface area (Å²) in [5.41, 5.74) is 0.896. The van der Waals surface area contributed by atoms with Gasteiger partial charge in [-0.05, 0) is 26.0 Å². The molecule has 4 nitrogen and oxygen atoms in total. The number of carboxylic acids is 1. The fraction of sp³-hybridized carbons (Fsp3) is 0.455. The number of aliphatic hydroxyl groups excluding tert-OH is 1. The predicted molar refractivity (Wildman–Crippen MR) is 62.9 cm³/mol. The average Bonchev–Trinajstić information content (AvgIpc) is 2.16. The van der Waals surface area contributed by atoms with Crippen LogP contribution in [0.4, 0.5) is 0 Å². The third-order valence-corrected chi connectivity index (χ3v) is 3.38. The monoisotopic (exact) mass is 241 g/mol. The third-order valence-electron chi connectivity index (χ3n) is 2.16. The van der Waals surface area contributed by atoms with Gasteiger partial charge >= 0.3 is 5.97 Å². The number of aromatic nitrogens is 1. The summed E-state index contributed by atoms with van der Waals surface area (Å²) in [4.78, 5) is 15.1. The minimum absolute atomic E-state index is 0.0176. The molecule has 1 aromatic rings. The van der Waals surface area contributed by atoms with E-state index in [-0.39, 0.29) is 10.8 Å². The number of nitrogens with zero attached hydrogens (tertiary/aromatic N) is 1. The molecule has 0 aliphatic rings. The summed E-state index contributed by atoms with van der Waals surface area (Å²) < 4.78 is 0. The van der Waals surface area contributed by atoms with Crippen LogP contribution >= 0.6 is 11.8 Å². The molecule has 0 saturated carbocycles. The lowest BCUT2D eigenvalue weighted by molar-refractivity contribution is 0.0696. The van der Waals surface area contributed by atoms with Gasteiger partial charge < -0.3 is 10.2 Å². The van der Waals surface area contributed by atoms with Gasteiger partial charge in [0, 0.05) is 10.9 Å². The molecule has 88 valence electrons. The number of aliphatic hydroxyl groups is 1. The SMILES string of the molecule is Cc1cc(C(=O)O)cc(SC(C)C(C)O)n1. The van der Waals surface area contributed by atoms with Crippen LogP contribution in [0.25, 0.3) is 0 Å². The Labute approximate surface area is 98.7 Å². The highest BCUT2D eigenvalue weighted by molar-refractivity contribution is 7.99. The van der Waals surface area contributed by atoms with Gasteiger partial charge in [-0.2, -0.15) is 0 Å². The van der Waals surface area contributed by atoms with E-state index in [0.717, 1.165) is 0 Å². The molecule has 0 bridgehead atoms. The molecule has 0 aliphatic heterocycles. The molecule has 0 radical (unpaired) electrons. The zero-order chi connectivity index (χ0) is 12.3. The van der Waals surface area contributed by atoms with Gasteiger partial charge in [-0.1, -0.05) is 6.92 Å². The van der Waals surface area contributed by atoms with Crippen LogP contribution in [-0.2, 0) is 0 Å². The second-order valence-corrected chi connectivity index (χ2v) is 5.10. The highest BCUT2D eigenvalue weighted by Gasteiger charge is 2.13. The molecular formula is C11H15NO3S. The van der Waals surface area contributed by atoms with Gasteiger partial charge in [0.05, 0.1) is 16.7 Å². The molecule has 0 saturated heterocycles. The molecule has 5 heteroatoms. The Hall–Kier alpha value is -1.07. The topological polar surface area (TPSA) is 70.4 Å². The maximum absolute atomic E-state index is 10.8. The second kappa shape index (κ2) is 5.32. The van der Waals surface area contributed by atoms with E-state index in [4.69, 9.17) is 5.11 Å². The van der Waals surface area contributed by atoms with Crippen molar-refractivity contribution < 1.29 is 15.0 Å². The largest absolute Gasteiger partial charge is 0.478 e. The predicted octanol–water partition coefficient (Wildman–Crippen LogP) is 1.95. The van der Waals surface area contributed by atoms with Crippen LogP contribution in [0.3, 0.4) is 0 Å². The summed E-state index contributed by atoms with van der Waals surface area (Å²) in [6.07, 6.45) is -0.458. The number of aromatic carboxylic acids is 1. The molecule has 0 aliphatic carbocycles. The van der Waals surface area contributed by atoms with Crippen LogP contribution in [0.15, 0.2) is 17.2 Å². The van der Waals surface area contributed by atoms with Crippen LogP contribution in [0, 0.1) is 6.92 Å². The Morgan fingerprint density at radius 2 is 2.06 bits per heavy atom. The van der Waals surface area contributed by atoms with Gasteiger partial charge in [-0.3, -0.25) is 0 Å².